The van der Waals surface area contributed by atoms with Crippen molar-refractivity contribution in [3.8, 4) is 0 Å². The van der Waals surface area contributed by atoms with Gasteiger partial charge in [-0.2, -0.15) is 0 Å². The minimum atomic E-state index is -0.822. The number of esters is 1. The predicted octanol–water partition coefficient (Wildman–Crippen LogP) is 2.19. The summed E-state index contributed by atoms with van der Waals surface area (Å²) in [4.78, 5) is 22.4. The summed E-state index contributed by atoms with van der Waals surface area (Å²) in [5.41, 5.74) is 0.745. The first-order chi connectivity index (χ1) is 7.06. The van der Waals surface area contributed by atoms with Crippen molar-refractivity contribution in [1.29, 1.82) is 0 Å². The summed E-state index contributed by atoms with van der Waals surface area (Å²) < 4.78 is 4.36. The highest BCUT2D eigenvalue weighted by atomic mass is 35.5. The van der Waals surface area contributed by atoms with Crippen LogP contribution in [-0.4, -0.2) is 18.9 Å². The molecule has 1 atom stereocenters. The zero-order valence-corrected chi connectivity index (χ0v) is 9.25. The smallest absolute Gasteiger partial charge is 0.374 e. The van der Waals surface area contributed by atoms with Crippen molar-refractivity contribution < 1.29 is 14.3 Å². The SMILES string of the molecule is COC(=O)C(=O)C(C)c1ccc(Cl)cc1. The maximum absolute atomic E-state index is 11.5. The van der Waals surface area contributed by atoms with Gasteiger partial charge in [-0.3, -0.25) is 4.79 Å². The van der Waals surface area contributed by atoms with Gasteiger partial charge in [-0.1, -0.05) is 30.7 Å². The molecule has 0 aliphatic rings. The minimum absolute atomic E-state index is 0.505. The van der Waals surface area contributed by atoms with Crippen LogP contribution in [0.2, 0.25) is 5.02 Å². The van der Waals surface area contributed by atoms with E-state index in [9.17, 15) is 9.59 Å². The van der Waals surface area contributed by atoms with E-state index in [-0.39, 0.29) is 0 Å². The zero-order valence-electron chi connectivity index (χ0n) is 8.49. The molecule has 0 heterocycles. The van der Waals surface area contributed by atoms with Crippen LogP contribution < -0.4 is 0 Å². The Morgan fingerprint density at radius 2 is 1.80 bits per heavy atom. The molecule has 0 aliphatic carbocycles. The lowest BCUT2D eigenvalue weighted by Gasteiger charge is -2.08. The maximum Gasteiger partial charge on any atom is 0.374 e. The maximum atomic E-state index is 11.5. The highest BCUT2D eigenvalue weighted by Crippen LogP contribution is 2.19. The number of hydrogen-bond donors (Lipinski definition) is 0. The van der Waals surface area contributed by atoms with Crippen LogP contribution in [0.4, 0.5) is 0 Å². The molecule has 0 saturated carbocycles. The van der Waals surface area contributed by atoms with Gasteiger partial charge in [0.2, 0.25) is 5.78 Å². The summed E-state index contributed by atoms with van der Waals surface area (Å²) in [5.74, 6) is -1.88. The van der Waals surface area contributed by atoms with E-state index in [1.165, 1.54) is 7.11 Å². The molecule has 0 amide bonds. The third-order valence-electron chi connectivity index (χ3n) is 2.15. The Morgan fingerprint density at radius 1 is 1.27 bits per heavy atom. The number of halogens is 1. The summed E-state index contributed by atoms with van der Waals surface area (Å²) >= 11 is 5.71. The van der Waals surface area contributed by atoms with Gasteiger partial charge in [-0.15, -0.1) is 0 Å². The van der Waals surface area contributed by atoms with Crippen LogP contribution in [0, 0.1) is 0 Å². The number of Topliss-reactive ketones (excluding diaryl/α,β-unsaturated/α-hetero) is 1. The largest absolute Gasteiger partial charge is 0.463 e. The van der Waals surface area contributed by atoms with Crippen LogP contribution in [0.5, 0.6) is 0 Å². The number of ketones is 1. The molecule has 0 radical (unpaired) electrons. The second-order valence-electron chi connectivity index (χ2n) is 3.13. The molecule has 3 nitrogen and oxygen atoms in total. The summed E-state index contributed by atoms with van der Waals surface area (Å²) in [6, 6.07) is 6.79. The first kappa shape index (κ1) is 11.7. The van der Waals surface area contributed by atoms with Crippen molar-refractivity contribution in [3.63, 3.8) is 0 Å². The highest BCUT2D eigenvalue weighted by Gasteiger charge is 2.23. The van der Waals surface area contributed by atoms with Gasteiger partial charge in [0, 0.05) is 5.02 Å². The van der Waals surface area contributed by atoms with Crippen molar-refractivity contribution in [2.45, 2.75) is 12.8 Å². The number of methoxy groups -OCH3 is 1. The third-order valence-corrected chi connectivity index (χ3v) is 2.40. The standard InChI is InChI=1S/C11H11ClO3/c1-7(10(13)11(14)15-2)8-3-5-9(12)6-4-8/h3-7H,1-2H3. The molecule has 80 valence electrons. The van der Waals surface area contributed by atoms with E-state index in [0.29, 0.717) is 5.02 Å². The molecule has 0 saturated heterocycles. The molecule has 0 fully saturated rings. The van der Waals surface area contributed by atoms with E-state index in [0.717, 1.165) is 5.56 Å². The Balaban J connectivity index is 2.85. The lowest BCUT2D eigenvalue weighted by atomic mass is 9.97. The topological polar surface area (TPSA) is 43.4 Å². The van der Waals surface area contributed by atoms with E-state index in [1.807, 2.05) is 0 Å². The van der Waals surface area contributed by atoms with E-state index < -0.39 is 17.7 Å². The fourth-order valence-electron chi connectivity index (χ4n) is 1.18. The van der Waals surface area contributed by atoms with Crippen molar-refractivity contribution in [2.75, 3.05) is 7.11 Å². The summed E-state index contributed by atoms with van der Waals surface area (Å²) in [7, 11) is 1.19. The molecular formula is C11H11ClO3. The third kappa shape index (κ3) is 2.80. The average Bonchev–Trinajstić information content (AvgIpc) is 2.27. The summed E-state index contributed by atoms with van der Waals surface area (Å²) in [5, 5.41) is 0.594. The molecule has 0 N–H and O–H groups in total. The first-order valence-corrected chi connectivity index (χ1v) is 4.81. The average molecular weight is 227 g/mol. The molecule has 1 rings (SSSR count). The molecule has 0 aromatic heterocycles. The molecule has 0 bridgehead atoms. The monoisotopic (exact) mass is 226 g/mol. The minimum Gasteiger partial charge on any atom is -0.463 e. The van der Waals surface area contributed by atoms with E-state index in [1.54, 1.807) is 31.2 Å². The Hall–Kier alpha value is -1.35. The van der Waals surface area contributed by atoms with Crippen LogP contribution in [0.3, 0.4) is 0 Å². The molecule has 1 aromatic carbocycles. The van der Waals surface area contributed by atoms with Crippen molar-refractivity contribution in [3.05, 3.63) is 34.9 Å². The highest BCUT2D eigenvalue weighted by molar-refractivity contribution is 6.35. The second-order valence-corrected chi connectivity index (χ2v) is 3.57. The van der Waals surface area contributed by atoms with E-state index in [2.05, 4.69) is 4.74 Å². The molecule has 1 unspecified atom stereocenters. The lowest BCUT2D eigenvalue weighted by molar-refractivity contribution is -0.152. The Morgan fingerprint density at radius 3 is 2.27 bits per heavy atom. The lowest BCUT2D eigenvalue weighted by Crippen LogP contribution is -2.21. The number of rotatable bonds is 3. The zero-order chi connectivity index (χ0) is 11.4. The molecule has 0 aliphatic heterocycles. The van der Waals surface area contributed by atoms with Crippen LogP contribution >= 0.6 is 11.6 Å². The van der Waals surface area contributed by atoms with Crippen molar-refractivity contribution in [2.24, 2.45) is 0 Å². The Labute approximate surface area is 93.0 Å². The van der Waals surface area contributed by atoms with E-state index >= 15 is 0 Å². The number of benzene rings is 1. The predicted molar refractivity (Wildman–Crippen MR) is 56.9 cm³/mol. The summed E-state index contributed by atoms with van der Waals surface area (Å²) in [6.45, 7) is 1.66. The van der Waals surface area contributed by atoms with Gasteiger partial charge in [0.05, 0.1) is 13.0 Å². The Kier molecular flexibility index (Phi) is 3.86. The van der Waals surface area contributed by atoms with Gasteiger partial charge < -0.3 is 4.74 Å². The van der Waals surface area contributed by atoms with Crippen LogP contribution in [-0.2, 0) is 14.3 Å². The van der Waals surface area contributed by atoms with Crippen LogP contribution in [0.1, 0.15) is 18.4 Å². The fourth-order valence-corrected chi connectivity index (χ4v) is 1.31. The molecular weight excluding hydrogens is 216 g/mol. The molecule has 15 heavy (non-hydrogen) atoms. The molecule has 0 spiro atoms. The molecule has 4 heteroatoms. The van der Waals surface area contributed by atoms with Crippen LogP contribution in [0.15, 0.2) is 24.3 Å². The van der Waals surface area contributed by atoms with Crippen molar-refractivity contribution >= 4 is 23.4 Å². The van der Waals surface area contributed by atoms with Gasteiger partial charge in [0.1, 0.15) is 0 Å². The summed E-state index contributed by atoms with van der Waals surface area (Å²) in [6.07, 6.45) is 0. The quantitative estimate of drug-likeness (QED) is 0.586. The fraction of sp³-hybridized carbons (Fsp3) is 0.273. The van der Waals surface area contributed by atoms with E-state index in [4.69, 9.17) is 11.6 Å². The van der Waals surface area contributed by atoms with Gasteiger partial charge in [0.25, 0.3) is 0 Å². The first-order valence-electron chi connectivity index (χ1n) is 4.44. The molecule has 1 aromatic rings. The van der Waals surface area contributed by atoms with Crippen molar-refractivity contribution in [1.82, 2.24) is 0 Å². The Bertz CT molecular complexity index is 370. The van der Waals surface area contributed by atoms with Crippen LogP contribution in [0.25, 0.3) is 0 Å². The number of hydrogen-bond acceptors (Lipinski definition) is 3. The van der Waals surface area contributed by atoms with Gasteiger partial charge in [0.15, 0.2) is 0 Å². The second kappa shape index (κ2) is 4.94. The van der Waals surface area contributed by atoms with Gasteiger partial charge in [-0.25, -0.2) is 4.79 Å². The number of carbonyl (C=O) groups excluding carboxylic acids is 2. The normalized spacial score (nSPS) is 11.9. The van der Waals surface area contributed by atoms with Gasteiger partial charge in [-0.05, 0) is 17.7 Å². The number of carbonyl (C=O) groups is 2. The van der Waals surface area contributed by atoms with Gasteiger partial charge >= 0.3 is 5.97 Å². The number of ether oxygens (including phenoxy) is 1.